The third-order valence-electron chi connectivity index (χ3n) is 2.32. The van der Waals surface area contributed by atoms with Gasteiger partial charge in [0.2, 0.25) is 0 Å². The fourth-order valence-corrected chi connectivity index (χ4v) is 1.42. The monoisotopic (exact) mass is 220 g/mol. The van der Waals surface area contributed by atoms with E-state index in [4.69, 9.17) is 9.84 Å². The molecule has 0 saturated carbocycles. The molecule has 88 valence electrons. The van der Waals surface area contributed by atoms with Gasteiger partial charge in [-0.15, -0.1) is 0 Å². The smallest absolute Gasteiger partial charge is 0.0717 e. The minimum Gasteiger partial charge on any atom is -0.392 e. The highest BCUT2D eigenvalue weighted by molar-refractivity contribution is 5.13. The highest BCUT2D eigenvalue weighted by atomic mass is 16.5. The van der Waals surface area contributed by atoms with Gasteiger partial charge in [-0.2, -0.15) is 0 Å². The van der Waals surface area contributed by atoms with Crippen molar-refractivity contribution in [1.29, 1.82) is 0 Å². The zero-order chi connectivity index (χ0) is 11.6. The summed E-state index contributed by atoms with van der Waals surface area (Å²) < 4.78 is 5.62. The van der Waals surface area contributed by atoms with Crippen LogP contribution in [0, 0.1) is 5.92 Å². The first-order chi connectivity index (χ1) is 7.83. The summed E-state index contributed by atoms with van der Waals surface area (Å²) in [4.78, 5) is 0. The summed E-state index contributed by atoms with van der Waals surface area (Å²) in [6.45, 7) is 3.70. The molecular weight excluding hydrogens is 200 g/mol. The number of hydrogen-bond donors (Lipinski definition) is 1. The average molecular weight is 220 g/mol. The van der Waals surface area contributed by atoms with Gasteiger partial charge < -0.3 is 9.84 Å². The molecule has 0 aliphatic carbocycles. The molecule has 0 radical (unpaired) electrons. The normalized spacial score (nSPS) is 13.1. The van der Waals surface area contributed by atoms with Crippen molar-refractivity contribution < 1.29 is 9.84 Å². The molecule has 0 spiro atoms. The molecule has 0 fully saturated rings. The third-order valence-corrected chi connectivity index (χ3v) is 2.32. The van der Waals surface area contributed by atoms with E-state index < -0.39 is 0 Å². The Bertz CT molecular complexity index is 293. The van der Waals surface area contributed by atoms with Gasteiger partial charge in [-0.1, -0.05) is 49.4 Å². The van der Waals surface area contributed by atoms with Gasteiger partial charge in [0.1, 0.15) is 0 Å². The van der Waals surface area contributed by atoms with Crippen molar-refractivity contribution in [3.63, 3.8) is 0 Å². The Morgan fingerprint density at radius 2 is 2.00 bits per heavy atom. The average Bonchev–Trinajstić information content (AvgIpc) is 2.31. The fourth-order valence-electron chi connectivity index (χ4n) is 1.42. The first-order valence-corrected chi connectivity index (χ1v) is 5.70. The van der Waals surface area contributed by atoms with Gasteiger partial charge in [-0.05, 0) is 17.9 Å². The Balaban J connectivity index is 2.13. The molecule has 2 heteroatoms. The zero-order valence-electron chi connectivity index (χ0n) is 9.80. The largest absolute Gasteiger partial charge is 0.392 e. The molecule has 1 aromatic rings. The van der Waals surface area contributed by atoms with Crippen LogP contribution in [-0.2, 0) is 11.3 Å². The van der Waals surface area contributed by atoms with Crippen LogP contribution in [0.3, 0.4) is 0 Å². The van der Waals surface area contributed by atoms with Crippen molar-refractivity contribution in [2.24, 2.45) is 5.92 Å². The summed E-state index contributed by atoms with van der Waals surface area (Å²) >= 11 is 0. The second-order valence-corrected chi connectivity index (χ2v) is 4.00. The maximum atomic E-state index is 8.59. The minimum absolute atomic E-state index is 0.123. The second kappa shape index (κ2) is 8.08. The summed E-state index contributed by atoms with van der Waals surface area (Å²) in [7, 11) is 0. The number of aliphatic hydroxyl groups excluding tert-OH is 1. The number of benzene rings is 1. The van der Waals surface area contributed by atoms with Gasteiger partial charge in [0.15, 0.2) is 0 Å². The first-order valence-electron chi connectivity index (χ1n) is 5.70. The highest BCUT2D eigenvalue weighted by Gasteiger charge is 1.99. The van der Waals surface area contributed by atoms with E-state index in [0.717, 1.165) is 13.0 Å². The number of ether oxygens (including phenoxy) is 1. The molecule has 0 bridgehead atoms. The number of hydrogen-bond acceptors (Lipinski definition) is 2. The standard InChI is InChI=1S/C14H20O2/c1-13(7-5-6-10-15)11-16-12-14-8-3-2-4-9-14/h2-6,8-9,13,15H,7,10-12H2,1H3/b6-5+/t13-/m0/s1. The van der Waals surface area contributed by atoms with Crippen LogP contribution in [0.5, 0.6) is 0 Å². The molecular formula is C14H20O2. The van der Waals surface area contributed by atoms with Crippen molar-refractivity contribution in [3.05, 3.63) is 48.0 Å². The molecule has 1 rings (SSSR count). The van der Waals surface area contributed by atoms with Crippen molar-refractivity contribution in [3.8, 4) is 0 Å². The van der Waals surface area contributed by atoms with Crippen LogP contribution in [0.15, 0.2) is 42.5 Å². The summed E-state index contributed by atoms with van der Waals surface area (Å²) in [5, 5.41) is 8.59. The molecule has 2 nitrogen and oxygen atoms in total. The van der Waals surface area contributed by atoms with Gasteiger partial charge in [-0.3, -0.25) is 0 Å². The Labute approximate surface area is 97.6 Å². The number of allylic oxidation sites excluding steroid dienone is 1. The number of rotatable bonds is 7. The Hall–Kier alpha value is -1.12. The summed E-state index contributed by atoms with van der Waals surface area (Å²) in [6, 6.07) is 10.2. The van der Waals surface area contributed by atoms with E-state index in [1.165, 1.54) is 5.56 Å². The van der Waals surface area contributed by atoms with E-state index in [9.17, 15) is 0 Å². The Morgan fingerprint density at radius 1 is 1.25 bits per heavy atom. The predicted molar refractivity (Wildman–Crippen MR) is 66.1 cm³/mol. The zero-order valence-corrected chi connectivity index (χ0v) is 9.80. The summed E-state index contributed by atoms with van der Waals surface area (Å²) in [5.41, 5.74) is 1.21. The van der Waals surface area contributed by atoms with E-state index >= 15 is 0 Å². The van der Waals surface area contributed by atoms with Gasteiger partial charge in [0.25, 0.3) is 0 Å². The molecule has 0 saturated heterocycles. The number of aliphatic hydroxyl groups is 1. The van der Waals surface area contributed by atoms with Gasteiger partial charge in [0.05, 0.1) is 13.2 Å². The summed E-state index contributed by atoms with van der Waals surface area (Å²) in [5.74, 6) is 0.492. The highest BCUT2D eigenvalue weighted by Crippen LogP contribution is 2.06. The lowest BCUT2D eigenvalue weighted by Gasteiger charge is -2.09. The molecule has 0 unspecified atom stereocenters. The maximum Gasteiger partial charge on any atom is 0.0717 e. The van der Waals surface area contributed by atoms with Crippen molar-refractivity contribution in [1.82, 2.24) is 0 Å². The van der Waals surface area contributed by atoms with Crippen LogP contribution in [0.1, 0.15) is 18.9 Å². The Morgan fingerprint density at radius 3 is 2.69 bits per heavy atom. The molecule has 16 heavy (non-hydrogen) atoms. The van der Waals surface area contributed by atoms with E-state index in [-0.39, 0.29) is 6.61 Å². The van der Waals surface area contributed by atoms with Crippen molar-refractivity contribution in [2.45, 2.75) is 20.0 Å². The molecule has 1 aromatic carbocycles. The van der Waals surface area contributed by atoms with E-state index in [1.807, 2.05) is 24.3 Å². The van der Waals surface area contributed by atoms with Crippen LogP contribution in [0.25, 0.3) is 0 Å². The Kier molecular flexibility index (Phi) is 6.54. The van der Waals surface area contributed by atoms with E-state index in [0.29, 0.717) is 12.5 Å². The molecule has 0 heterocycles. The van der Waals surface area contributed by atoms with Crippen LogP contribution < -0.4 is 0 Å². The van der Waals surface area contributed by atoms with Crippen LogP contribution >= 0.6 is 0 Å². The lowest BCUT2D eigenvalue weighted by molar-refractivity contribution is 0.0928. The van der Waals surface area contributed by atoms with Crippen LogP contribution in [-0.4, -0.2) is 18.3 Å². The topological polar surface area (TPSA) is 29.5 Å². The molecule has 1 N–H and O–H groups in total. The quantitative estimate of drug-likeness (QED) is 0.716. The third kappa shape index (κ3) is 5.69. The molecule has 0 aliphatic heterocycles. The van der Waals surface area contributed by atoms with Crippen LogP contribution in [0.2, 0.25) is 0 Å². The molecule has 1 atom stereocenters. The first kappa shape index (κ1) is 12.9. The van der Waals surface area contributed by atoms with Gasteiger partial charge in [-0.25, -0.2) is 0 Å². The molecule has 0 amide bonds. The minimum atomic E-state index is 0.123. The molecule has 0 aliphatic rings. The van der Waals surface area contributed by atoms with Crippen LogP contribution in [0.4, 0.5) is 0 Å². The SMILES string of the molecule is C[C@@H](C/C=C/CO)COCc1ccccc1. The summed E-state index contributed by atoms with van der Waals surface area (Å²) in [6.07, 6.45) is 4.72. The van der Waals surface area contributed by atoms with E-state index in [2.05, 4.69) is 19.1 Å². The van der Waals surface area contributed by atoms with Gasteiger partial charge in [0, 0.05) is 6.61 Å². The van der Waals surface area contributed by atoms with E-state index in [1.54, 1.807) is 6.08 Å². The van der Waals surface area contributed by atoms with Gasteiger partial charge >= 0.3 is 0 Å². The molecule has 0 aromatic heterocycles. The van der Waals surface area contributed by atoms with Crippen molar-refractivity contribution >= 4 is 0 Å². The predicted octanol–water partition coefficient (Wildman–Crippen LogP) is 2.78. The lowest BCUT2D eigenvalue weighted by Crippen LogP contribution is -2.05. The fraction of sp³-hybridized carbons (Fsp3) is 0.429. The lowest BCUT2D eigenvalue weighted by atomic mass is 10.1. The maximum absolute atomic E-state index is 8.59. The van der Waals surface area contributed by atoms with Crippen molar-refractivity contribution in [2.75, 3.05) is 13.2 Å². The second-order valence-electron chi connectivity index (χ2n) is 4.00.